The molecule has 0 aliphatic heterocycles. The van der Waals surface area contributed by atoms with Gasteiger partial charge >= 0.3 is 0 Å². The van der Waals surface area contributed by atoms with Gasteiger partial charge in [0.1, 0.15) is 5.82 Å². The highest BCUT2D eigenvalue weighted by molar-refractivity contribution is 7.99. The lowest BCUT2D eigenvalue weighted by molar-refractivity contribution is -0.116. The highest BCUT2D eigenvalue weighted by Crippen LogP contribution is 2.19. The van der Waals surface area contributed by atoms with Crippen LogP contribution in [0.4, 0.5) is 15.8 Å². The van der Waals surface area contributed by atoms with Crippen LogP contribution >= 0.6 is 11.8 Å². The van der Waals surface area contributed by atoms with Gasteiger partial charge in [-0.25, -0.2) is 4.39 Å². The normalized spacial score (nSPS) is 10.1. The molecule has 0 bridgehead atoms. The number of amides is 2. The Balaban J connectivity index is 2.38. The zero-order valence-corrected chi connectivity index (χ0v) is 10.4. The Labute approximate surface area is 108 Å². The number of thioether (sulfide) groups is 1. The molecule has 0 saturated carbocycles. The Morgan fingerprint density at radius 1 is 1.39 bits per heavy atom. The third kappa shape index (κ3) is 5.05. The first-order valence-electron chi connectivity index (χ1n) is 5.20. The molecule has 0 aliphatic carbocycles. The van der Waals surface area contributed by atoms with Gasteiger partial charge in [-0.1, -0.05) is 0 Å². The van der Waals surface area contributed by atoms with Crippen LogP contribution in [0.3, 0.4) is 0 Å². The van der Waals surface area contributed by atoms with Gasteiger partial charge in [-0.15, -0.1) is 0 Å². The topological polar surface area (TPSA) is 98.2 Å². The maximum Gasteiger partial charge on any atom is 0.227 e. The molecule has 0 atom stereocenters. The van der Waals surface area contributed by atoms with E-state index in [0.29, 0.717) is 11.4 Å². The van der Waals surface area contributed by atoms with Crippen LogP contribution in [-0.4, -0.2) is 23.3 Å². The van der Waals surface area contributed by atoms with Crippen LogP contribution in [0.15, 0.2) is 18.2 Å². The predicted octanol–water partition coefficient (Wildman–Crippen LogP) is 0.955. The molecule has 0 unspecified atom stereocenters. The molecule has 0 radical (unpaired) electrons. The van der Waals surface area contributed by atoms with Crippen LogP contribution in [0.1, 0.15) is 6.42 Å². The van der Waals surface area contributed by atoms with E-state index < -0.39 is 11.7 Å². The maximum atomic E-state index is 12.8. The van der Waals surface area contributed by atoms with Crippen LogP contribution < -0.4 is 16.8 Å². The van der Waals surface area contributed by atoms with E-state index in [-0.39, 0.29) is 23.8 Å². The summed E-state index contributed by atoms with van der Waals surface area (Å²) in [6, 6.07) is 3.75. The number of hydrogen-bond donors (Lipinski definition) is 3. The lowest BCUT2D eigenvalue weighted by Gasteiger charge is -2.07. The smallest absolute Gasteiger partial charge is 0.227 e. The SMILES string of the molecule is NC(=O)CSCCC(=O)Nc1ccc(F)cc1N. The first-order chi connectivity index (χ1) is 8.49. The highest BCUT2D eigenvalue weighted by Gasteiger charge is 2.06. The van der Waals surface area contributed by atoms with Gasteiger partial charge in [-0.2, -0.15) is 11.8 Å². The van der Waals surface area contributed by atoms with Crippen molar-refractivity contribution in [2.24, 2.45) is 5.73 Å². The Bertz CT molecular complexity index is 454. The summed E-state index contributed by atoms with van der Waals surface area (Å²) in [5, 5.41) is 2.57. The molecule has 5 nitrogen and oxygen atoms in total. The second kappa shape index (κ2) is 6.85. The summed E-state index contributed by atoms with van der Waals surface area (Å²) in [6.07, 6.45) is 0.231. The first-order valence-corrected chi connectivity index (χ1v) is 6.35. The standard InChI is InChI=1S/C11H14FN3O2S/c12-7-1-2-9(8(13)5-7)15-11(17)3-4-18-6-10(14)16/h1-2,5H,3-4,6,13H2,(H2,14,16)(H,15,17). The van der Waals surface area contributed by atoms with Crippen LogP contribution in [0.2, 0.25) is 0 Å². The molecule has 2 amide bonds. The van der Waals surface area contributed by atoms with E-state index in [4.69, 9.17) is 11.5 Å². The largest absolute Gasteiger partial charge is 0.397 e. The molecule has 0 spiro atoms. The number of rotatable bonds is 6. The van der Waals surface area contributed by atoms with Crippen LogP contribution in [-0.2, 0) is 9.59 Å². The van der Waals surface area contributed by atoms with Gasteiger partial charge in [0.2, 0.25) is 11.8 Å². The number of nitrogens with one attached hydrogen (secondary N) is 1. The van der Waals surface area contributed by atoms with Crippen molar-refractivity contribution in [2.75, 3.05) is 22.6 Å². The van der Waals surface area contributed by atoms with Gasteiger partial charge in [0, 0.05) is 12.2 Å². The molecule has 1 rings (SSSR count). The average Bonchev–Trinajstić information content (AvgIpc) is 2.28. The number of halogens is 1. The number of hydrogen-bond acceptors (Lipinski definition) is 4. The number of anilines is 2. The molecule has 0 aromatic heterocycles. The Hall–Kier alpha value is -1.76. The van der Waals surface area contributed by atoms with Crippen molar-refractivity contribution in [1.29, 1.82) is 0 Å². The molecule has 7 heteroatoms. The predicted molar refractivity (Wildman–Crippen MR) is 70.6 cm³/mol. The molecule has 0 heterocycles. The molecular formula is C11H14FN3O2S. The number of nitrogen functional groups attached to an aromatic ring is 1. The van der Waals surface area contributed by atoms with Crippen molar-refractivity contribution in [3.05, 3.63) is 24.0 Å². The second-order valence-corrected chi connectivity index (χ2v) is 4.65. The van der Waals surface area contributed by atoms with Crippen molar-refractivity contribution in [3.8, 4) is 0 Å². The lowest BCUT2D eigenvalue weighted by atomic mass is 10.2. The van der Waals surface area contributed by atoms with E-state index in [0.717, 1.165) is 6.07 Å². The molecule has 5 N–H and O–H groups in total. The monoisotopic (exact) mass is 271 g/mol. The maximum absolute atomic E-state index is 12.8. The zero-order chi connectivity index (χ0) is 13.5. The minimum absolute atomic E-state index is 0.174. The third-order valence-electron chi connectivity index (χ3n) is 2.01. The summed E-state index contributed by atoms with van der Waals surface area (Å²) >= 11 is 1.28. The Morgan fingerprint density at radius 2 is 2.11 bits per heavy atom. The van der Waals surface area contributed by atoms with Gasteiger partial charge in [-0.05, 0) is 18.2 Å². The van der Waals surface area contributed by atoms with E-state index in [9.17, 15) is 14.0 Å². The van der Waals surface area contributed by atoms with Gasteiger partial charge in [-0.3, -0.25) is 9.59 Å². The molecule has 0 fully saturated rings. The minimum atomic E-state index is -0.456. The van der Waals surface area contributed by atoms with Gasteiger partial charge < -0.3 is 16.8 Å². The molecule has 1 aromatic carbocycles. The van der Waals surface area contributed by atoms with Crippen molar-refractivity contribution in [1.82, 2.24) is 0 Å². The summed E-state index contributed by atoms with van der Waals surface area (Å²) in [7, 11) is 0. The molecular weight excluding hydrogens is 257 g/mol. The van der Waals surface area contributed by atoms with E-state index in [1.165, 1.54) is 23.9 Å². The molecule has 98 valence electrons. The summed E-state index contributed by atoms with van der Waals surface area (Å²) < 4.78 is 12.8. The van der Waals surface area contributed by atoms with Crippen molar-refractivity contribution < 1.29 is 14.0 Å². The average molecular weight is 271 g/mol. The van der Waals surface area contributed by atoms with Crippen LogP contribution in [0.5, 0.6) is 0 Å². The van der Waals surface area contributed by atoms with Gasteiger partial charge in [0.25, 0.3) is 0 Å². The van der Waals surface area contributed by atoms with Gasteiger partial charge in [0.05, 0.1) is 17.1 Å². The number of primary amides is 1. The number of nitrogens with two attached hydrogens (primary N) is 2. The summed E-state index contributed by atoms with van der Waals surface area (Å²) in [5.41, 5.74) is 11.0. The molecule has 0 aliphatic rings. The van der Waals surface area contributed by atoms with E-state index >= 15 is 0 Å². The summed E-state index contributed by atoms with van der Waals surface area (Å²) in [5.74, 6) is -0.446. The van der Waals surface area contributed by atoms with E-state index in [1.807, 2.05) is 0 Å². The second-order valence-electron chi connectivity index (χ2n) is 3.55. The third-order valence-corrected chi connectivity index (χ3v) is 2.99. The van der Waals surface area contributed by atoms with Crippen LogP contribution in [0, 0.1) is 5.82 Å². The first kappa shape index (κ1) is 14.3. The molecule has 0 saturated heterocycles. The summed E-state index contributed by atoms with van der Waals surface area (Å²) in [6.45, 7) is 0. The Kier molecular flexibility index (Phi) is 5.44. The quantitative estimate of drug-likeness (QED) is 0.530. The zero-order valence-electron chi connectivity index (χ0n) is 9.61. The van der Waals surface area contributed by atoms with E-state index in [1.54, 1.807) is 0 Å². The minimum Gasteiger partial charge on any atom is -0.397 e. The fourth-order valence-corrected chi connectivity index (χ4v) is 1.87. The van der Waals surface area contributed by atoms with Gasteiger partial charge in [0.15, 0.2) is 0 Å². The molecule has 18 heavy (non-hydrogen) atoms. The number of carbonyl (C=O) groups is 2. The van der Waals surface area contributed by atoms with Crippen molar-refractivity contribution >= 4 is 35.0 Å². The number of carbonyl (C=O) groups excluding carboxylic acids is 2. The highest BCUT2D eigenvalue weighted by atomic mass is 32.2. The van der Waals surface area contributed by atoms with Crippen molar-refractivity contribution in [2.45, 2.75) is 6.42 Å². The fourth-order valence-electron chi connectivity index (χ4n) is 1.20. The fraction of sp³-hybridized carbons (Fsp3) is 0.273. The number of benzene rings is 1. The van der Waals surface area contributed by atoms with Crippen molar-refractivity contribution in [3.63, 3.8) is 0 Å². The summed E-state index contributed by atoms with van der Waals surface area (Å²) in [4.78, 5) is 22.0. The molecule has 1 aromatic rings. The van der Waals surface area contributed by atoms with Crippen LogP contribution in [0.25, 0.3) is 0 Å². The lowest BCUT2D eigenvalue weighted by Crippen LogP contribution is -2.16. The Morgan fingerprint density at radius 3 is 2.72 bits per heavy atom. The van der Waals surface area contributed by atoms with E-state index in [2.05, 4.69) is 5.32 Å².